The minimum absolute atomic E-state index is 0.101. The molecule has 0 spiro atoms. The van der Waals surface area contributed by atoms with Crippen molar-refractivity contribution in [3.63, 3.8) is 0 Å². The van der Waals surface area contributed by atoms with Crippen LogP contribution in [0.3, 0.4) is 0 Å². The lowest BCUT2D eigenvalue weighted by atomic mass is 10.1. The maximum atomic E-state index is 13.6. The van der Waals surface area contributed by atoms with Gasteiger partial charge >= 0.3 is 0 Å². The molecule has 174 valence electrons. The minimum Gasteiger partial charge on any atom is -0.379 e. The van der Waals surface area contributed by atoms with Gasteiger partial charge in [-0.25, -0.2) is 4.98 Å². The summed E-state index contributed by atoms with van der Waals surface area (Å²) in [6.45, 7) is 8.42. The smallest absolute Gasteiger partial charge is 0.270 e. The first-order chi connectivity index (χ1) is 15.8. The monoisotopic (exact) mass is 488 g/mol. The zero-order valence-corrected chi connectivity index (χ0v) is 20.1. The predicted molar refractivity (Wildman–Crippen MR) is 131 cm³/mol. The SMILES string of the molecule is Cc1cc(C)c2nc(N(CCCN3CCOCC3)C(=O)c3cc([N+](=O)[O-])ccc3Cl)sc2c1. The van der Waals surface area contributed by atoms with E-state index in [2.05, 4.69) is 17.0 Å². The average molecular weight is 489 g/mol. The van der Waals surface area contributed by atoms with Crippen LogP contribution in [0.15, 0.2) is 30.3 Å². The molecule has 0 unspecified atom stereocenters. The molecule has 0 aliphatic carbocycles. The fourth-order valence-electron chi connectivity index (χ4n) is 3.97. The van der Waals surface area contributed by atoms with Crippen molar-refractivity contribution in [2.24, 2.45) is 0 Å². The van der Waals surface area contributed by atoms with Gasteiger partial charge in [-0.2, -0.15) is 0 Å². The van der Waals surface area contributed by atoms with Gasteiger partial charge in [-0.3, -0.25) is 24.7 Å². The predicted octanol–water partition coefficient (Wildman–Crippen LogP) is 4.84. The van der Waals surface area contributed by atoms with Crippen molar-refractivity contribution in [1.82, 2.24) is 9.88 Å². The zero-order chi connectivity index (χ0) is 23.5. The summed E-state index contributed by atoms with van der Waals surface area (Å²) in [6, 6.07) is 8.05. The van der Waals surface area contributed by atoms with Crippen LogP contribution in [-0.4, -0.2) is 60.1 Å². The molecule has 4 rings (SSSR count). The highest BCUT2D eigenvalue weighted by Crippen LogP contribution is 2.33. The molecule has 0 saturated carbocycles. The van der Waals surface area contributed by atoms with Gasteiger partial charge in [0.05, 0.1) is 38.9 Å². The Hall–Kier alpha value is -2.59. The van der Waals surface area contributed by atoms with Gasteiger partial charge in [-0.05, 0) is 43.5 Å². The Morgan fingerprint density at radius 1 is 1.27 bits per heavy atom. The van der Waals surface area contributed by atoms with Gasteiger partial charge in [-0.1, -0.05) is 29.0 Å². The van der Waals surface area contributed by atoms with E-state index in [0.29, 0.717) is 24.9 Å². The van der Waals surface area contributed by atoms with Crippen LogP contribution in [0.1, 0.15) is 27.9 Å². The topological polar surface area (TPSA) is 88.8 Å². The first kappa shape index (κ1) is 23.6. The number of anilines is 1. The Morgan fingerprint density at radius 2 is 2.03 bits per heavy atom. The molecule has 2 aromatic carbocycles. The third-order valence-corrected chi connectivity index (χ3v) is 7.00. The molecule has 8 nitrogen and oxygen atoms in total. The number of ether oxygens (including phenoxy) is 1. The van der Waals surface area contributed by atoms with E-state index in [0.717, 1.165) is 47.4 Å². The number of amides is 1. The van der Waals surface area contributed by atoms with Crippen molar-refractivity contribution in [3.8, 4) is 0 Å². The molecule has 33 heavy (non-hydrogen) atoms. The van der Waals surface area contributed by atoms with Gasteiger partial charge < -0.3 is 4.74 Å². The van der Waals surface area contributed by atoms with E-state index in [9.17, 15) is 14.9 Å². The van der Waals surface area contributed by atoms with E-state index in [1.807, 2.05) is 13.8 Å². The number of nitrogens with zero attached hydrogens (tertiary/aromatic N) is 4. The largest absolute Gasteiger partial charge is 0.379 e. The number of fused-ring (bicyclic) bond motifs is 1. The Morgan fingerprint density at radius 3 is 2.76 bits per heavy atom. The Bertz CT molecular complexity index is 1190. The lowest BCUT2D eigenvalue weighted by Gasteiger charge is -2.27. The summed E-state index contributed by atoms with van der Waals surface area (Å²) in [5.74, 6) is -0.390. The fourth-order valence-corrected chi connectivity index (χ4v) is 5.34. The van der Waals surface area contributed by atoms with E-state index >= 15 is 0 Å². The van der Waals surface area contributed by atoms with E-state index < -0.39 is 4.92 Å². The number of aryl methyl sites for hydroxylation is 2. The number of halogens is 1. The number of non-ortho nitro benzene ring substituents is 1. The standard InChI is InChI=1S/C23H25ClN4O4S/c1-15-12-16(2)21-20(13-15)33-23(25-21)27(7-3-6-26-8-10-32-11-9-26)22(29)18-14-17(28(30)31)4-5-19(18)24/h4-5,12-14H,3,6-11H2,1-2H3. The number of nitro benzene ring substituents is 1. The average Bonchev–Trinajstić information content (AvgIpc) is 3.21. The summed E-state index contributed by atoms with van der Waals surface area (Å²) in [5.41, 5.74) is 2.96. The van der Waals surface area contributed by atoms with Crippen LogP contribution in [0.4, 0.5) is 10.8 Å². The van der Waals surface area contributed by atoms with Crippen molar-refractivity contribution in [2.45, 2.75) is 20.3 Å². The van der Waals surface area contributed by atoms with Crippen LogP contribution in [-0.2, 0) is 4.74 Å². The normalized spacial score (nSPS) is 14.5. The Balaban J connectivity index is 1.66. The van der Waals surface area contributed by atoms with Gasteiger partial charge in [0.15, 0.2) is 5.13 Å². The molecule has 1 amide bonds. The van der Waals surface area contributed by atoms with Crippen molar-refractivity contribution in [2.75, 3.05) is 44.3 Å². The second-order valence-corrected chi connectivity index (χ2v) is 9.53. The fraction of sp³-hybridized carbons (Fsp3) is 0.391. The quantitative estimate of drug-likeness (QED) is 0.349. The highest BCUT2D eigenvalue weighted by atomic mass is 35.5. The number of morpholine rings is 1. The first-order valence-electron chi connectivity index (χ1n) is 10.8. The van der Waals surface area contributed by atoms with Crippen LogP contribution in [0, 0.1) is 24.0 Å². The molecule has 1 fully saturated rings. The second kappa shape index (κ2) is 10.1. The number of benzene rings is 2. The van der Waals surface area contributed by atoms with Gasteiger partial charge in [0, 0.05) is 38.3 Å². The van der Waals surface area contributed by atoms with Crippen LogP contribution >= 0.6 is 22.9 Å². The summed E-state index contributed by atoms with van der Waals surface area (Å²) in [4.78, 5) is 33.0. The molecule has 1 aliphatic rings. The number of thiazole rings is 1. The number of nitro groups is 1. The molecule has 0 N–H and O–H groups in total. The summed E-state index contributed by atoms with van der Waals surface area (Å²) in [7, 11) is 0. The first-order valence-corrected chi connectivity index (χ1v) is 12.0. The minimum atomic E-state index is -0.528. The van der Waals surface area contributed by atoms with E-state index in [4.69, 9.17) is 21.3 Å². The third-order valence-electron chi connectivity index (χ3n) is 5.65. The molecule has 3 aromatic rings. The van der Waals surface area contributed by atoms with Crippen LogP contribution in [0.25, 0.3) is 10.2 Å². The zero-order valence-electron chi connectivity index (χ0n) is 18.5. The van der Waals surface area contributed by atoms with Crippen LogP contribution < -0.4 is 4.90 Å². The van der Waals surface area contributed by atoms with Crippen molar-refractivity contribution < 1.29 is 14.5 Å². The lowest BCUT2D eigenvalue weighted by molar-refractivity contribution is -0.384. The molecule has 0 radical (unpaired) electrons. The number of rotatable bonds is 7. The number of hydrogen-bond acceptors (Lipinski definition) is 7. The van der Waals surface area contributed by atoms with E-state index in [1.54, 1.807) is 4.90 Å². The number of carbonyl (C=O) groups is 1. The third kappa shape index (κ3) is 5.33. The number of hydrogen-bond donors (Lipinski definition) is 0. The molecule has 2 heterocycles. The molecular formula is C23H25ClN4O4S. The molecule has 0 atom stereocenters. The van der Waals surface area contributed by atoms with E-state index in [1.165, 1.54) is 29.5 Å². The molecule has 1 aromatic heterocycles. The van der Waals surface area contributed by atoms with E-state index in [-0.39, 0.29) is 22.2 Å². The molecule has 10 heteroatoms. The van der Waals surface area contributed by atoms with Crippen molar-refractivity contribution in [1.29, 1.82) is 0 Å². The van der Waals surface area contributed by atoms with Gasteiger partial charge in [0.1, 0.15) is 0 Å². The summed E-state index contributed by atoms with van der Waals surface area (Å²) < 4.78 is 6.41. The van der Waals surface area contributed by atoms with Crippen LogP contribution in [0.2, 0.25) is 5.02 Å². The Labute approximate surface area is 200 Å². The van der Waals surface area contributed by atoms with Gasteiger partial charge in [0.2, 0.25) is 0 Å². The summed E-state index contributed by atoms with van der Waals surface area (Å²) in [5, 5.41) is 12.0. The van der Waals surface area contributed by atoms with Crippen LogP contribution in [0.5, 0.6) is 0 Å². The van der Waals surface area contributed by atoms with Gasteiger partial charge in [0.25, 0.3) is 11.6 Å². The molecule has 1 aliphatic heterocycles. The molecule has 0 bridgehead atoms. The molecule has 1 saturated heterocycles. The lowest BCUT2D eigenvalue weighted by Crippen LogP contribution is -2.39. The number of carbonyl (C=O) groups excluding carboxylic acids is 1. The highest BCUT2D eigenvalue weighted by molar-refractivity contribution is 7.22. The second-order valence-electron chi connectivity index (χ2n) is 8.11. The van der Waals surface area contributed by atoms with Crippen molar-refractivity contribution in [3.05, 3.63) is 62.2 Å². The van der Waals surface area contributed by atoms with Gasteiger partial charge in [-0.15, -0.1) is 0 Å². The number of aromatic nitrogens is 1. The Kier molecular flexibility index (Phi) is 7.23. The van der Waals surface area contributed by atoms with Crippen molar-refractivity contribution >= 4 is 49.9 Å². The highest BCUT2D eigenvalue weighted by Gasteiger charge is 2.25. The molecular weight excluding hydrogens is 464 g/mol. The summed E-state index contributed by atoms with van der Waals surface area (Å²) >= 11 is 7.74. The maximum Gasteiger partial charge on any atom is 0.270 e. The maximum absolute atomic E-state index is 13.6. The summed E-state index contributed by atoms with van der Waals surface area (Å²) in [6.07, 6.45) is 0.728.